The van der Waals surface area contributed by atoms with Crippen molar-refractivity contribution in [3.05, 3.63) is 65.7 Å². The fraction of sp³-hybridized carbons (Fsp3) is 0.400. The number of benzene rings is 2. The van der Waals surface area contributed by atoms with Crippen LogP contribution in [0.1, 0.15) is 42.6 Å². The van der Waals surface area contributed by atoms with E-state index in [4.69, 9.17) is 0 Å². The Morgan fingerprint density at radius 1 is 1.06 bits per heavy atom. The van der Waals surface area contributed by atoms with Crippen molar-refractivity contribution in [3.8, 4) is 0 Å². The van der Waals surface area contributed by atoms with Crippen molar-refractivity contribution < 1.29 is 14.4 Å². The highest BCUT2D eigenvalue weighted by atomic mass is 16.2. The second kappa shape index (κ2) is 10.8. The molecule has 3 amide bonds. The van der Waals surface area contributed by atoms with E-state index in [0.29, 0.717) is 30.9 Å². The lowest BCUT2D eigenvalue weighted by Gasteiger charge is -2.32. The summed E-state index contributed by atoms with van der Waals surface area (Å²) in [6, 6.07) is 17.0. The van der Waals surface area contributed by atoms with Gasteiger partial charge < -0.3 is 15.5 Å². The highest BCUT2D eigenvalue weighted by Crippen LogP contribution is 2.20. The van der Waals surface area contributed by atoms with Crippen molar-refractivity contribution in [2.75, 3.05) is 25.0 Å². The number of nitrogens with zero attached hydrogens (tertiary/aromatic N) is 1. The predicted molar refractivity (Wildman–Crippen MR) is 122 cm³/mol. The van der Waals surface area contributed by atoms with Crippen LogP contribution < -0.4 is 10.6 Å². The minimum atomic E-state index is -0.197. The van der Waals surface area contributed by atoms with Crippen LogP contribution in [0.5, 0.6) is 0 Å². The molecular formula is C25H31N3O3. The summed E-state index contributed by atoms with van der Waals surface area (Å²) in [5, 5.41) is 5.85. The van der Waals surface area contributed by atoms with E-state index in [1.54, 1.807) is 29.2 Å². The molecule has 1 heterocycles. The lowest BCUT2D eigenvalue weighted by molar-refractivity contribution is -0.126. The van der Waals surface area contributed by atoms with Gasteiger partial charge in [-0.25, -0.2) is 0 Å². The Kier molecular flexibility index (Phi) is 7.82. The van der Waals surface area contributed by atoms with E-state index in [1.807, 2.05) is 44.2 Å². The largest absolute Gasteiger partial charge is 0.355 e. The molecule has 0 aromatic heterocycles. The van der Waals surface area contributed by atoms with E-state index < -0.39 is 0 Å². The van der Waals surface area contributed by atoms with E-state index in [0.717, 1.165) is 19.3 Å². The van der Waals surface area contributed by atoms with Crippen LogP contribution in [0.2, 0.25) is 0 Å². The monoisotopic (exact) mass is 421 g/mol. The zero-order valence-corrected chi connectivity index (χ0v) is 18.3. The summed E-state index contributed by atoms with van der Waals surface area (Å²) in [6.07, 6.45) is 2.37. The molecule has 2 N–H and O–H groups in total. The Bertz CT molecular complexity index is 911. The number of likely N-dealkylation sites (tertiary alicyclic amines) is 1. The molecule has 31 heavy (non-hydrogen) atoms. The van der Waals surface area contributed by atoms with Gasteiger partial charge in [0.25, 0.3) is 5.91 Å². The van der Waals surface area contributed by atoms with Crippen LogP contribution in [0.15, 0.2) is 54.6 Å². The number of amides is 3. The topological polar surface area (TPSA) is 78.5 Å². The Labute approximate surface area is 184 Å². The zero-order chi connectivity index (χ0) is 22.2. The number of anilines is 1. The lowest BCUT2D eigenvalue weighted by atomic mass is 9.96. The van der Waals surface area contributed by atoms with Crippen LogP contribution >= 0.6 is 0 Å². The van der Waals surface area contributed by atoms with Gasteiger partial charge in [0.1, 0.15) is 0 Å². The van der Waals surface area contributed by atoms with Gasteiger partial charge in [-0.15, -0.1) is 0 Å². The smallest absolute Gasteiger partial charge is 0.253 e. The van der Waals surface area contributed by atoms with Gasteiger partial charge in [-0.1, -0.05) is 50.2 Å². The van der Waals surface area contributed by atoms with Crippen molar-refractivity contribution in [2.45, 2.75) is 33.1 Å². The summed E-state index contributed by atoms with van der Waals surface area (Å²) in [7, 11) is 0. The number of carbonyl (C=O) groups excluding carboxylic acids is 3. The molecule has 2 aromatic rings. The zero-order valence-electron chi connectivity index (χ0n) is 18.3. The predicted octanol–water partition coefficient (Wildman–Crippen LogP) is 3.49. The van der Waals surface area contributed by atoms with E-state index in [-0.39, 0.29) is 29.6 Å². The first-order valence-corrected chi connectivity index (χ1v) is 11.0. The molecule has 1 unspecified atom stereocenters. The molecule has 3 rings (SSSR count). The van der Waals surface area contributed by atoms with E-state index >= 15 is 0 Å². The van der Waals surface area contributed by atoms with Crippen LogP contribution in [0, 0.1) is 11.8 Å². The van der Waals surface area contributed by atoms with Crippen molar-refractivity contribution in [1.82, 2.24) is 10.2 Å². The highest BCUT2D eigenvalue weighted by Gasteiger charge is 2.29. The summed E-state index contributed by atoms with van der Waals surface area (Å²) in [5.41, 5.74) is 2.32. The normalized spacial score (nSPS) is 16.1. The maximum atomic E-state index is 13.0. The number of piperidine rings is 1. The number of rotatable bonds is 7. The molecule has 1 aliphatic rings. The van der Waals surface area contributed by atoms with E-state index in [2.05, 4.69) is 10.6 Å². The van der Waals surface area contributed by atoms with Crippen LogP contribution in [0.25, 0.3) is 0 Å². The molecular weight excluding hydrogens is 390 g/mol. The Balaban J connectivity index is 1.55. The summed E-state index contributed by atoms with van der Waals surface area (Å²) < 4.78 is 0. The number of nitrogens with one attached hydrogen (secondary N) is 2. The van der Waals surface area contributed by atoms with Crippen molar-refractivity contribution in [3.63, 3.8) is 0 Å². The molecule has 2 aromatic carbocycles. The standard InChI is InChI=1S/C25H31N3O3/c1-18(2)23(29)27-22-12-6-10-20(16-22)25(31)28-15-7-11-21(17-28)24(30)26-14-13-19-8-4-3-5-9-19/h3-6,8-10,12,16,18,21H,7,11,13-15,17H2,1-2H3,(H,26,30)(H,27,29). The summed E-state index contributed by atoms with van der Waals surface area (Å²) in [6.45, 7) is 5.28. The van der Waals surface area contributed by atoms with Crippen LogP contribution in [0.4, 0.5) is 5.69 Å². The number of hydrogen-bond acceptors (Lipinski definition) is 3. The minimum absolute atomic E-state index is 0.00591. The first kappa shape index (κ1) is 22.5. The minimum Gasteiger partial charge on any atom is -0.355 e. The fourth-order valence-corrected chi connectivity index (χ4v) is 3.69. The average molecular weight is 422 g/mol. The molecule has 0 bridgehead atoms. The maximum absolute atomic E-state index is 13.0. The van der Waals surface area contributed by atoms with Crippen molar-refractivity contribution in [2.24, 2.45) is 11.8 Å². The van der Waals surface area contributed by atoms with Crippen molar-refractivity contribution in [1.29, 1.82) is 0 Å². The van der Waals surface area contributed by atoms with Gasteiger partial charge in [-0.3, -0.25) is 14.4 Å². The van der Waals surface area contributed by atoms with E-state index in [9.17, 15) is 14.4 Å². The van der Waals surface area contributed by atoms with Gasteiger partial charge in [-0.05, 0) is 43.0 Å². The average Bonchev–Trinajstić information content (AvgIpc) is 2.79. The summed E-state index contributed by atoms with van der Waals surface area (Å²) >= 11 is 0. The van der Waals surface area contributed by atoms with Gasteiger partial charge in [-0.2, -0.15) is 0 Å². The van der Waals surface area contributed by atoms with Crippen molar-refractivity contribution >= 4 is 23.4 Å². The Hall–Kier alpha value is -3.15. The van der Waals surface area contributed by atoms with Crippen LogP contribution in [-0.2, 0) is 16.0 Å². The van der Waals surface area contributed by atoms with Gasteiger partial charge in [0, 0.05) is 36.8 Å². The van der Waals surface area contributed by atoms with E-state index in [1.165, 1.54) is 5.56 Å². The first-order valence-electron chi connectivity index (χ1n) is 11.0. The number of carbonyl (C=O) groups is 3. The molecule has 164 valence electrons. The quantitative estimate of drug-likeness (QED) is 0.718. The highest BCUT2D eigenvalue weighted by molar-refractivity contribution is 5.97. The molecule has 0 aliphatic carbocycles. The Morgan fingerprint density at radius 2 is 1.84 bits per heavy atom. The first-order chi connectivity index (χ1) is 14.9. The van der Waals surface area contributed by atoms with Gasteiger partial charge >= 0.3 is 0 Å². The lowest BCUT2D eigenvalue weighted by Crippen LogP contribution is -2.45. The molecule has 1 saturated heterocycles. The third-order valence-electron chi connectivity index (χ3n) is 5.54. The SMILES string of the molecule is CC(C)C(=O)Nc1cccc(C(=O)N2CCCC(C(=O)NCCc3ccccc3)C2)c1. The summed E-state index contributed by atoms with van der Waals surface area (Å²) in [4.78, 5) is 39.3. The van der Waals surface area contributed by atoms with Crippen LogP contribution in [0.3, 0.4) is 0 Å². The second-order valence-corrected chi connectivity index (χ2v) is 8.34. The van der Waals surface area contributed by atoms with Gasteiger partial charge in [0.05, 0.1) is 5.92 Å². The second-order valence-electron chi connectivity index (χ2n) is 8.34. The number of hydrogen-bond donors (Lipinski definition) is 2. The molecule has 1 aliphatic heterocycles. The van der Waals surface area contributed by atoms with Gasteiger partial charge in [0.15, 0.2) is 0 Å². The Morgan fingerprint density at radius 3 is 2.58 bits per heavy atom. The van der Waals surface area contributed by atoms with Gasteiger partial charge in [0.2, 0.25) is 11.8 Å². The summed E-state index contributed by atoms with van der Waals surface area (Å²) in [5.74, 6) is -0.525. The molecule has 0 saturated carbocycles. The molecule has 1 atom stereocenters. The van der Waals surface area contributed by atoms with Crippen LogP contribution in [-0.4, -0.2) is 42.3 Å². The molecule has 6 nitrogen and oxygen atoms in total. The molecule has 1 fully saturated rings. The fourth-order valence-electron chi connectivity index (χ4n) is 3.69. The third kappa shape index (κ3) is 6.41. The molecule has 6 heteroatoms. The molecule has 0 spiro atoms. The third-order valence-corrected chi connectivity index (χ3v) is 5.54. The molecule has 0 radical (unpaired) electrons. The maximum Gasteiger partial charge on any atom is 0.253 e.